The molecular formula is C81H140O17P2. The van der Waals surface area contributed by atoms with E-state index in [0.29, 0.717) is 25.7 Å². The maximum Gasteiger partial charge on any atom is 0.472 e. The van der Waals surface area contributed by atoms with Crippen molar-refractivity contribution in [2.45, 2.75) is 341 Å². The van der Waals surface area contributed by atoms with E-state index in [1.165, 1.54) is 57.8 Å². The van der Waals surface area contributed by atoms with Crippen LogP contribution in [0.4, 0.5) is 0 Å². The van der Waals surface area contributed by atoms with Crippen LogP contribution in [0.3, 0.4) is 0 Å². The second-order valence-electron chi connectivity index (χ2n) is 25.9. The molecule has 0 aromatic heterocycles. The molecule has 0 aromatic carbocycles. The van der Waals surface area contributed by atoms with E-state index >= 15 is 0 Å². The zero-order valence-corrected chi connectivity index (χ0v) is 64.6. The predicted molar refractivity (Wildman–Crippen MR) is 408 cm³/mol. The van der Waals surface area contributed by atoms with E-state index in [9.17, 15) is 43.2 Å². The number of aliphatic hydroxyl groups excluding tert-OH is 1. The normalized spacial score (nSPS) is 14.5. The quantitative estimate of drug-likeness (QED) is 0.0169. The fourth-order valence-corrected chi connectivity index (χ4v) is 11.8. The Morgan fingerprint density at radius 1 is 0.290 bits per heavy atom. The topological polar surface area (TPSA) is 237 Å². The third-order valence-corrected chi connectivity index (χ3v) is 18.1. The Morgan fingerprint density at radius 2 is 0.540 bits per heavy atom. The first-order valence-corrected chi connectivity index (χ1v) is 42.1. The number of allylic oxidation sites excluding steroid dienone is 18. The molecule has 0 heterocycles. The van der Waals surface area contributed by atoms with Crippen molar-refractivity contribution >= 4 is 39.5 Å². The molecule has 0 aliphatic rings. The summed E-state index contributed by atoms with van der Waals surface area (Å²) in [5.74, 6) is -2.22. The lowest BCUT2D eigenvalue weighted by molar-refractivity contribution is -0.161. The third kappa shape index (κ3) is 72.1. The van der Waals surface area contributed by atoms with Crippen molar-refractivity contribution in [1.29, 1.82) is 0 Å². The number of carbonyl (C=O) groups excluding carboxylic acids is 4. The molecule has 0 aliphatic carbocycles. The summed E-state index contributed by atoms with van der Waals surface area (Å²) in [7, 11) is -9.96. The van der Waals surface area contributed by atoms with E-state index in [0.717, 1.165) is 186 Å². The molecule has 0 saturated carbocycles. The summed E-state index contributed by atoms with van der Waals surface area (Å²) in [6, 6.07) is 0. The zero-order valence-electron chi connectivity index (χ0n) is 62.8. The van der Waals surface area contributed by atoms with Gasteiger partial charge < -0.3 is 33.8 Å². The lowest BCUT2D eigenvalue weighted by Crippen LogP contribution is -2.30. The van der Waals surface area contributed by atoms with Gasteiger partial charge in [-0.05, 0) is 128 Å². The molecule has 0 spiro atoms. The Labute approximate surface area is 607 Å². The van der Waals surface area contributed by atoms with Crippen LogP contribution in [-0.2, 0) is 65.4 Å². The molecule has 0 fully saturated rings. The van der Waals surface area contributed by atoms with Gasteiger partial charge in [-0.2, -0.15) is 0 Å². The van der Waals surface area contributed by atoms with Crippen molar-refractivity contribution in [2.24, 2.45) is 0 Å². The highest BCUT2D eigenvalue weighted by atomic mass is 31.2. The van der Waals surface area contributed by atoms with E-state index in [1.807, 2.05) is 0 Å². The Kier molecular flexibility index (Phi) is 69.9. The van der Waals surface area contributed by atoms with Gasteiger partial charge in [0, 0.05) is 25.7 Å². The van der Waals surface area contributed by atoms with E-state index in [2.05, 4.69) is 137 Å². The smallest absolute Gasteiger partial charge is 0.462 e. The zero-order chi connectivity index (χ0) is 73.2. The average molecular weight is 1450 g/mol. The summed E-state index contributed by atoms with van der Waals surface area (Å²) in [6.07, 6.45) is 77.9. The first-order valence-electron chi connectivity index (χ1n) is 39.1. The van der Waals surface area contributed by atoms with Gasteiger partial charge in [-0.1, -0.05) is 278 Å². The summed E-state index contributed by atoms with van der Waals surface area (Å²) in [5.41, 5.74) is 0. The monoisotopic (exact) mass is 1450 g/mol. The van der Waals surface area contributed by atoms with E-state index in [4.69, 9.17) is 37.0 Å². The number of aliphatic hydroxyl groups is 1. The maximum atomic E-state index is 13.1. The van der Waals surface area contributed by atoms with Crippen LogP contribution in [0.15, 0.2) is 109 Å². The average Bonchev–Trinajstić information content (AvgIpc) is 0.939. The summed E-state index contributed by atoms with van der Waals surface area (Å²) in [4.78, 5) is 72.9. The molecule has 0 aliphatic heterocycles. The highest BCUT2D eigenvalue weighted by molar-refractivity contribution is 7.47. The summed E-state index contributed by atoms with van der Waals surface area (Å²) < 4.78 is 68.5. The molecule has 0 radical (unpaired) electrons. The Morgan fingerprint density at radius 3 is 0.860 bits per heavy atom. The molecule has 17 nitrogen and oxygen atoms in total. The van der Waals surface area contributed by atoms with Crippen molar-refractivity contribution in [1.82, 2.24) is 0 Å². The van der Waals surface area contributed by atoms with Gasteiger partial charge in [0.05, 0.1) is 26.4 Å². The van der Waals surface area contributed by atoms with Crippen LogP contribution in [0.25, 0.3) is 0 Å². The molecule has 5 unspecified atom stereocenters. The summed E-state index contributed by atoms with van der Waals surface area (Å²) >= 11 is 0. The molecule has 0 rings (SSSR count). The molecule has 576 valence electrons. The standard InChI is InChI=1S/C81H140O17P2/c1-5-9-13-17-21-25-29-32-34-36-37-39-41-44-47-50-54-58-62-66-78(83)91-71-76(97-80(85)67-63-59-55-51-45-28-24-20-16-12-8-4)73-95-99(87,88)93-69-75(82)70-94-100(89,90)96-74-77(98-81(86)68-64-60-56-52-48-42-31-27-23-19-15-11-7-3)72-92-79(84)65-61-57-53-49-46-43-40-38-35-33-30-26-22-18-14-10-6-2/h10,14-15,19,21-22,25-27,31-35,37,39-40,43,75-77,82H,5-9,11-13,16-18,20,23-24,28-30,36,38,41-42,44-74H2,1-4H3,(H,87,88)(H,89,90)/b14-10-,19-15-,25-21-,26-22-,31-27-,34-32-,35-33-,39-37-,43-40-. The van der Waals surface area contributed by atoms with Crippen molar-refractivity contribution in [2.75, 3.05) is 39.6 Å². The summed E-state index contributed by atoms with van der Waals surface area (Å²) in [5, 5.41) is 10.6. The lowest BCUT2D eigenvalue weighted by Gasteiger charge is -2.21. The number of phosphoric acid groups is 2. The fraction of sp³-hybridized carbons (Fsp3) is 0.728. The third-order valence-electron chi connectivity index (χ3n) is 16.2. The number of unbranched alkanes of at least 4 members (excludes halogenated alkanes) is 29. The first-order chi connectivity index (χ1) is 48.7. The molecule has 100 heavy (non-hydrogen) atoms. The van der Waals surface area contributed by atoms with Crippen LogP contribution < -0.4 is 0 Å². The van der Waals surface area contributed by atoms with E-state index in [1.54, 1.807) is 0 Å². The molecule has 19 heteroatoms. The summed E-state index contributed by atoms with van der Waals surface area (Å²) in [6.45, 7) is 4.62. The van der Waals surface area contributed by atoms with Crippen molar-refractivity contribution < 1.29 is 80.2 Å². The number of hydrogen-bond donors (Lipinski definition) is 3. The van der Waals surface area contributed by atoms with Crippen molar-refractivity contribution in [3.63, 3.8) is 0 Å². The molecule has 0 bridgehead atoms. The Hall–Kier alpha value is -4.28. The van der Waals surface area contributed by atoms with Crippen molar-refractivity contribution in [3.8, 4) is 0 Å². The van der Waals surface area contributed by atoms with E-state index < -0.39 is 97.5 Å². The Balaban J connectivity index is 5.33. The minimum absolute atomic E-state index is 0.0720. The fourth-order valence-electron chi connectivity index (χ4n) is 10.3. The molecule has 5 atom stereocenters. The van der Waals surface area contributed by atoms with Crippen LogP contribution in [0.2, 0.25) is 0 Å². The van der Waals surface area contributed by atoms with E-state index in [-0.39, 0.29) is 25.7 Å². The number of esters is 4. The molecule has 0 saturated heterocycles. The molecule has 3 N–H and O–H groups in total. The SMILES string of the molecule is CC/C=C\C/C=C\C/C=C\C/C=C\CCCCCCC(=O)OCC(COP(=O)(O)OCC(O)COP(=O)(O)OCC(COC(=O)CCCCCCCC/C=C\C/C=C\C/C=C\CCCCC)OC(=O)CCCCCCCCCCCCC)OC(=O)CCCCCCC/C=C\C/C=C\CCC. The van der Waals surface area contributed by atoms with Gasteiger partial charge >= 0.3 is 39.5 Å². The van der Waals surface area contributed by atoms with Gasteiger partial charge in [-0.3, -0.25) is 37.3 Å². The van der Waals surface area contributed by atoms with Gasteiger partial charge in [0.2, 0.25) is 0 Å². The van der Waals surface area contributed by atoms with Crippen LogP contribution in [0, 0.1) is 0 Å². The van der Waals surface area contributed by atoms with Gasteiger partial charge in [0.25, 0.3) is 0 Å². The van der Waals surface area contributed by atoms with Crippen LogP contribution in [0.5, 0.6) is 0 Å². The minimum atomic E-state index is -4.98. The van der Waals surface area contributed by atoms with Crippen molar-refractivity contribution in [3.05, 3.63) is 109 Å². The van der Waals surface area contributed by atoms with Crippen LogP contribution >= 0.6 is 15.6 Å². The van der Waals surface area contributed by atoms with Gasteiger partial charge in [0.15, 0.2) is 12.2 Å². The van der Waals surface area contributed by atoms with Crippen LogP contribution in [0.1, 0.15) is 323 Å². The highest BCUT2D eigenvalue weighted by Gasteiger charge is 2.30. The van der Waals surface area contributed by atoms with Gasteiger partial charge in [-0.15, -0.1) is 0 Å². The van der Waals surface area contributed by atoms with Gasteiger partial charge in [0.1, 0.15) is 19.3 Å². The number of phosphoric ester groups is 2. The number of ether oxygens (including phenoxy) is 4. The van der Waals surface area contributed by atoms with Crippen LogP contribution in [-0.4, -0.2) is 96.7 Å². The largest absolute Gasteiger partial charge is 0.472 e. The van der Waals surface area contributed by atoms with Gasteiger partial charge in [-0.25, -0.2) is 9.13 Å². The molecular weight excluding hydrogens is 1310 g/mol. The second kappa shape index (κ2) is 73.0. The molecule has 0 aromatic rings. The maximum absolute atomic E-state index is 13.1. The number of hydrogen-bond acceptors (Lipinski definition) is 15. The number of carbonyl (C=O) groups is 4. The Bertz CT molecular complexity index is 2320. The first kappa shape index (κ1) is 95.7. The molecule has 0 amide bonds. The predicted octanol–water partition coefficient (Wildman–Crippen LogP) is 22.6. The highest BCUT2D eigenvalue weighted by Crippen LogP contribution is 2.45. The number of rotatable bonds is 73. The minimum Gasteiger partial charge on any atom is -0.462 e. The lowest BCUT2D eigenvalue weighted by atomic mass is 10.1. The second-order valence-corrected chi connectivity index (χ2v) is 28.8.